The van der Waals surface area contributed by atoms with Crippen LogP contribution >= 0.6 is 15.9 Å². The van der Waals surface area contributed by atoms with Gasteiger partial charge in [0.15, 0.2) is 6.29 Å². The van der Waals surface area contributed by atoms with Crippen LogP contribution in [0.5, 0.6) is 0 Å². The Kier molecular flexibility index (Phi) is 5.40. The van der Waals surface area contributed by atoms with E-state index < -0.39 is 0 Å². The predicted octanol–water partition coefficient (Wildman–Crippen LogP) is 3.53. The summed E-state index contributed by atoms with van der Waals surface area (Å²) in [6, 6.07) is 0. The van der Waals surface area contributed by atoms with E-state index in [1.54, 1.807) is 7.11 Å². The quantitative estimate of drug-likeness (QED) is 0.594. The van der Waals surface area contributed by atoms with E-state index in [0.717, 1.165) is 41.6 Å². The van der Waals surface area contributed by atoms with Crippen molar-refractivity contribution in [3.8, 4) is 0 Å². The molecule has 0 fully saturated rings. The Morgan fingerprint density at radius 3 is 2.59 bits per heavy atom. The fourth-order valence-corrected chi connectivity index (χ4v) is 3.15. The third-order valence-corrected chi connectivity index (χ3v) is 3.78. The molecule has 0 amide bonds. The van der Waals surface area contributed by atoms with Gasteiger partial charge in [-0.25, -0.2) is 0 Å². The molecule has 0 bridgehead atoms. The number of aromatic nitrogens is 1. The van der Waals surface area contributed by atoms with Crippen LogP contribution in [-0.2, 0) is 11.3 Å². The Bertz CT molecular complexity index is 397. The maximum atomic E-state index is 11.1. The maximum absolute atomic E-state index is 11.1. The van der Waals surface area contributed by atoms with Crippen LogP contribution < -0.4 is 0 Å². The van der Waals surface area contributed by atoms with Gasteiger partial charge in [0.05, 0.1) is 0 Å². The van der Waals surface area contributed by atoms with E-state index >= 15 is 0 Å². The minimum Gasteiger partial charge on any atom is -0.385 e. The summed E-state index contributed by atoms with van der Waals surface area (Å²) in [5.41, 5.74) is 3.00. The van der Waals surface area contributed by atoms with E-state index in [4.69, 9.17) is 4.74 Å². The van der Waals surface area contributed by atoms with E-state index in [2.05, 4.69) is 34.3 Å². The molecule has 1 heterocycles. The average Bonchev–Trinajstić information content (AvgIpc) is 2.51. The molecule has 0 aliphatic carbocycles. The van der Waals surface area contributed by atoms with Crippen LogP contribution in [-0.4, -0.2) is 24.6 Å². The van der Waals surface area contributed by atoms with Crippen molar-refractivity contribution in [2.24, 2.45) is 0 Å². The van der Waals surface area contributed by atoms with Crippen molar-refractivity contribution in [1.82, 2.24) is 4.57 Å². The van der Waals surface area contributed by atoms with E-state index in [1.165, 1.54) is 5.69 Å². The fraction of sp³-hybridized carbons (Fsp3) is 0.615. The molecule has 0 aliphatic rings. The minimum atomic E-state index is 0.388. The molecule has 0 N–H and O–H groups in total. The summed E-state index contributed by atoms with van der Waals surface area (Å²) >= 11 is 3.54. The molecule has 0 saturated heterocycles. The van der Waals surface area contributed by atoms with Crippen LogP contribution in [0.1, 0.15) is 47.9 Å². The van der Waals surface area contributed by atoms with Gasteiger partial charge in [-0.1, -0.05) is 13.8 Å². The van der Waals surface area contributed by atoms with E-state index in [1.807, 2.05) is 6.92 Å². The second-order valence-corrected chi connectivity index (χ2v) is 5.26. The molecule has 0 aromatic carbocycles. The maximum Gasteiger partial charge on any atom is 0.153 e. The Balaban J connectivity index is 3.12. The summed E-state index contributed by atoms with van der Waals surface area (Å²) in [6.45, 7) is 7.90. The van der Waals surface area contributed by atoms with Gasteiger partial charge in [-0.05, 0) is 35.2 Å². The van der Waals surface area contributed by atoms with Crippen molar-refractivity contribution in [2.75, 3.05) is 13.7 Å². The van der Waals surface area contributed by atoms with Crippen LogP contribution in [0, 0.1) is 6.92 Å². The highest BCUT2D eigenvalue weighted by Gasteiger charge is 2.19. The molecular formula is C13H20BrNO2. The molecule has 17 heavy (non-hydrogen) atoms. The summed E-state index contributed by atoms with van der Waals surface area (Å²) in [4.78, 5) is 11.1. The third-order valence-electron chi connectivity index (χ3n) is 2.94. The highest BCUT2D eigenvalue weighted by molar-refractivity contribution is 9.10. The number of carbonyl (C=O) groups excluding carboxylic acids is 1. The molecule has 0 unspecified atom stereocenters. The van der Waals surface area contributed by atoms with E-state index in [-0.39, 0.29) is 0 Å². The lowest BCUT2D eigenvalue weighted by Crippen LogP contribution is -2.08. The number of carbonyl (C=O) groups is 1. The van der Waals surface area contributed by atoms with Crippen molar-refractivity contribution in [2.45, 2.75) is 39.7 Å². The van der Waals surface area contributed by atoms with Gasteiger partial charge < -0.3 is 9.30 Å². The van der Waals surface area contributed by atoms with Crippen molar-refractivity contribution < 1.29 is 9.53 Å². The number of hydrogen-bond acceptors (Lipinski definition) is 2. The van der Waals surface area contributed by atoms with Gasteiger partial charge >= 0.3 is 0 Å². The van der Waals surface area contributed by atoms with Gasteiger partial charge in [-0.3, -0.25) is 4.79 Å². The van der Waals surface area contributed by atoms with E-state index in [0.29, 0.717) is 5.92 Å². The highest BCUT2D eigenvalue weighted by atomic mass is 79.9. The van der Waals surface area contributed by atoms with Gasteiger partial charge in [-0.2, -0.15) is 0 Å². The number of ether oxygens (including phenoxy) is 1. The Morgan fingerprint density at radius 2 is 2.12 bits per heavy atom. The highest BCUT2D eigenvalue weighted by Crippen LogP contribution is 2.32. The van der Waals surface area contributed by atoms with Crippen LogP contribution in [0.25, 0.3) is 0 Å². The van der Waals surface area contributed by atoms with Gasteiger partial charge in [0.2, 0.25) is 0 Å². The minimum absolute atomic E-state index is 0.388. The Hall–Kier alpha value is -0.610. The number of halogens is 1. The largest absolute Gasteiger partial charge is 0.385 e. The van der Waals surface area contributed by atoms with Crippen LogP contribution in [0.15, 0.2) is 4.47 Å². The monoisotopic (exact) mass is 301 g/mol. The Morgan fingerprint density at radius 1 is 1.47 bits per heavy atom. The summed E-state index contributed by atoms with van der Waals surface area (Å²) in [7, 11) is 1.71. The van der Waals surface area contributed by atoms with Gasteiger partial charge in [0.25, 0.3) is 0 Å². The number of methoxy groups -OCH3 is 1. The second kappa shape index (κ2) is 6.36. The third kappa shape index (κ3) is 2.99. The lowest BCUT2D eigenvalue weighted by Gasteiger charge is -2.14. The number of aldehydes is 1. The second-order valence-electron chi connectivity index (χ2n) is 4.47. The van der Waals surface area contributed by atoms with Gasteiger partial charge in [0, 0.05) is 41.7 Å². The van der Waals surface area contributed by atoms with Gasteiger partial charge in [0.1, 0.15) is 0 Å². The molecule has 0 radical (unpaired) electrons. The normalized spacial score (nSPS) is 11.2. The topological polar surface area (TPSA) is 31.2 Å². The molecule has 0 saturated carbocycles. The summed E-state index contributed by atoms with van der Waals surface area (Å²) in [5.74, 6) is 0.388. The molecule has 4 heteroatoms. The standard InChI is InChI=1S/C13H20BrNO2/c1-9(2)13-12(14)11(8-16)10(3)15(13)6-5-7-17-4/h8-9H,5-7H2,1-4H3. The average molecular weight is 302 g/mol. The van der Waals surface area contributed by atoms with Crippen molar-refractivity contribution >= 4 is 22.2 Å². The summed E-state index contributed by atoms with van der Waals surface area (Å²) in [6.07, 6.45) is 1.88. The zero-order valence-electron chi connectivity index (χ0n) is 10.9. The van der Waals surface area contributed by atoms with Crippen LogP contribution in [0.2, 0.25) is 0 Å². The molecule has 1 rings (SSSR count). The first-order valence-corrected chi connectivity index (χ1v) is 6.66. The van der Waals surface area contributed by atoms with Crippen LogP contribution in [0.4, 0.5) is 0 Å². The number of nitrogens with zero attached hydrogens (tertiary/aromatic N) is 1. The lowest BCUT2D eigenvalue weighted by molar-refractivity contribution is 0.112. The number of hydrogen-bond donors (Lipinski definition) is 0. The smallest absolute Gasteiger partial charge is 0.153 e. The zero-order valence-corrected chi connectivity index (χ0v) is 12.5. The molecule has 1 aromatic rings. The molecular weight excluding hydrogens is 282 g/mol. The first-order chi connectivity index (χ1) is 8.04. The molecule has 96 valence electrons. The predicted molar refractivity (Wildman–Crippen MR) is 72.8 cm³/mol. The molecule has 1 aromatic heterocycles. The van der Waals surface area contributed by atoms with E-state index in [9.17, 15) is 4.79 Å². The Labute approximate surface area is 111 Å². The SMILES string of the molecule is COCCCn1c(C)c(C=O)c(Br)c1C(C)C. The molecule has 0 aliphatic heterocycles. The van der Waals surface area contributed by atoms with Crippen molar-refractivity contribution in [1.29, 1.82) is 0 Å². The summed E-state index contributed by atoms with van der Waals surface area (Å²) < 4.78 is 8.23. The molecule has 0 atom stereocenters. The van der Waals surface area contributed by atoms with Gasteiger partial charge in [-0.15, -0.1) is 0 Å². The van der Waals surface area contributed by atoms with Crippen LogP contribution in [0.3, 0.4) is 0 Å². The number of rotatable bonds is 6. The first kappa shape index (κ1) is 14.5. The fourth-order valence-electron chi connectivity index (χ4n) is 2.10. The molecule has 0 spiro atoms. The lowest BCUT2D eigenvalue weighted by atomic mass is 10.1. The first-order valence-electron chi connectivity index (χ1n) is 5.87. The zero-order chi connectivity index (χ0) is 13.0. The molecule has 3 nitrogen and oxygen atoms in total. The van der Waals surface area contributed by atoms with Crippen molar-refractivity contribution in [3.05, 3.63) is 21.4 Å². The summed E-state index contributed by atoms with van der Waals surface area (Å²) in [5, 5.41) is 0. The van der Waals surface area contributed by atoms with Crippen molar-refractivity contribution in [3.63, 3.8) is 0 Å².